The van der Waals surface area contributed by atoms with E-state index in [0.717, 1.165) is 5.56 Å². The molecule has 2 rings (SSSR count). The van der Waals surface area contributed by atoms with E-state index in [1.807, 2.05) is 18.2 Å². The van der Waals surface area contributed by atoms with E-state index < -0.39 is 54.7 Å². The lowest BCUT2D eigenvalue weighted by Crippen LogP contribution is -2.54. The van der Waals surface area contributed by atoms with Crippen LogP contribution in [-0.2, 0) is 30.3 Å². The largest absolute Gasteiger partial charge is 0.468 e. The summed E-state index contributed by atoms with van der Waals surface area (Å²) in [4.78, 5) is 53.1. The number of benzene rings is 2. The number of nitrogens with one attached hydrogen (secondary N) is 2. The van der Waals surface area contributed by atoms with Crippen molar-refractivity contribution in [3.8, 4) is 0 Å². The maximum atomic E-state index is 14.1. The van der Waals surface area contributed by atoms with Crippen LogP contribution in [0.1, 0.15) is 43.5 Å². The first kappa shape index (κ1) is 31.0. The summed E-state index contributed by atoms with van der Waals surface area (Å²) in [6.07, 6.45) is 0.887. The van der Waals surface area contributed by atoms with Crippen LogP contribution in [0.3, 0.4) is 0 Å². The van der Waals surface area contributed by atoms with Crippen LogP contribution in [0.4, 0.5) is 4.79 Å². The second-order valence-corrected chi connectivity index (χ2v) is 9.71. The van der Waals surface area contributed by atoms with E-state index in [-0.39, 0.29) is 13.0 Å². The van der Waals surface area contributed by atoms with Gasteiger partial charge in [0.1, 0.15) is 24.2 Å². The van der Waals surface area contributed by atoms with E-state index in [1.54, 1.807) is 63.2 Å². The van der Waals surface area contributed by atoms with Crippen LogP contribution in [0.25, 0.3) is 6.08 Å². The Kier molecular flexibility index (Phi) is 11.7. The number of ether oxygens (including phenoxy) is 2. The third-order valence-corrected chi connectivity index (χ3v) is 5.55. The van der Waals surface area contributed by atoms with Crippen LogP contribution >= 0.6 is 0 Å². The highest BCUT2D eigenvalue weighted by Crippen LogP contribution is 2.24. The van der Waals surface area contributed by atoms with Crippen molar-refractivity contribution in [3.63, 3.8) is 0 Å². The van der Waals surface area contributed by atoms with Crippen LogP contribution in [0.5, 0.6) is 0 Å². The molecule has 3 amide bonds. The zero-order valence-electron chi connectivity index (χ0n) is 22.8. The van der Waals surface area contributed by atoms with Gasteiger partial charge >= 0.3 is 12.1 Å². The summed E-state index contributed by atoms with van der Waals surface area (Å²) < 4.78 is 10.0. The molecule has 0 saturated carbocycles. The molecule has 2 aromatic carbocycles. The first-order chi connectivity index (χ1) is 18.5. The van der Waals surface area contributed by atoms with Gasteiger partial charge < -0.3 is 30.1 Å². The number of carbonyl (C=O) groups is 4. The minimum atomic E-state index is -1.24. The van der Waals surface area contributed by atoms with Gasteiger partial charge in [0.25, 0.3) is 0 Å². The highest BCUT2D eigenvalue weighted by atomic mass is 16.6. The van der Waals surface area contributed by atoms with Gasteiger partial charge in [0, 0.05) is 13.0 Å². The van der Waals surface area contributed by atoms with E-state index in [4.69, 9.17) is 4.74 Å². The SMILES string of the molecule is C=Cc1cccc(C(C(=O)NCC(=O)OC)N(CCO)C(=O)C(Cc2ccccc2)NC(=O)OC(C)(C)C)c1. The van der Waals surface area contributed by atoms with Gasteiger partial charge in [0.2, 0.25) is 11.8 Å². The Morgan fingerprint density at radius 1 is 1.08 bits per heavy atom. The molecule has 210 valence electrons. The summed E-state index contributed by atoms with van der Waals surface area (Å²) in [5.41, 5.74) is 1.07. The fraction of sp³-hybridized carbons (Fsp3) is 0.379. The number of rotatable bonds is 12. The van der Waals surface area contributed by atoms with E-state index in [1.165, 1.54) is 12.0 Å². The molecular weight excluding hydrogens is 502 g/mol. The van der Waals surface area contributed by atoms with Gasteiger partial charge in [0.05, 0.1) is 13.7 Å². The molecule has 0 aliphatic carbocycles. The number of carbonyl (C=O) groups excluding carboxylic acids is 4. The quantitative estimate of drug-likeness (QED) is 0.353. The molecule has 0 heterocycles. The Morgan fingerprint density at radius 3 is 2.36 bits per heavy atom. The molecule has 0 saturated heterocycles. The third-order valence-electron chi connectivity index (χ3n) is 5.55. The molecule has 2 unspecified atom stereocenters. The molecule has 10 heteroatoms. The van der Waals surface area contributed by atoms with Crippen molar-refractivity contribution in [1.29, 1.82) is 0 Å². The molecule has 0 aliphatic heterocycles. The monoisotopic (exact) mass is 539 g/mol. The van der Waals surface area contributed by atoms with Crippen molar-refractivity contribution in [2.75, 3.05) is 26.8 Å². The lowest BCUT2D eigenvalue weighted by Gasteiger charge is -2.34. The van der Waals surface area contributed by atoms with Crippen LogP contribution < -0.4 is 10.6 Å². The second kappa shape index (κ2) is 14.7. The smallest absolute Gasteiger partial charge is 0.408 e. The summed E-state index contributed by atoms with van der Waals surface area (Å²) in [6, 6.07) is 13.5. The lowest BCUT2D eigenvalue weighted by molar-refractivity contribution is -0.145. The van der Waals surface area contributed by atoms with E-state index in [0.29, 0.717) is 11.1 Å². The zero-order chi connectivity index (χ0) is 29.0. The Bertz CT molecular complexity index is 1150. The van der Waals surface area contributed by atoms with Gasteiger partial charge in [-0.25, -0.2) is 4.79 Å². The summed E-state index contributed by atoms with van der Waals surface area (Å²) in [5.74, 6) is -1.96. The maximum Gasteiger partial charge on any atom is 0.408 e. The van der Waals surface area contributed by atoms with E-state index >= 15 is 0 Å². The Hall–Kier alpha value is -4.18. The molecule has 0 aromatic heterocycles. The van der Waals surface area contributed by atoms with Crippen LogP contribution in [0.2, 0.25) is 0 Å². The minimum absolute atomic E-state index is 0.101. The topological polar surface area (TPSA) is 134 Å². The summed E-state index contributed by atoms with van der Waals surface area (Å²) in [6.45, 7) is 7.75. The number of amides is 3. The molecule has 0 radical (unpaired) electrons. The van der Waals surface area contributed by atoms with Gasteiger partial charge in [-0.05, 0) is 43.5 Å². The molecule has 10 nitrogen and oxygen atoms in total. The molecule has 2 aromatic rings. The Labute approximate surface area is 229 Å². The summed E-state index contributed by atoms with van der Waals surface area (Å²) in [5, 5.41) is 15.0. The Balaban J connectivity index is 2.53. The predicted octanol–water partition coefficient (Wildman–Crippen LogP) is 2.62. The van der Waals surface area contributed by atoms with Crippen molar-refractivity contribution in [2.24, 2.45) is 0 Å². The van der Waals surface area contributed by atoms with Gasteiger partial charge in [-0.15, -0.1) is 0 Å². The lowest BCUT2D eigenvalue weighted by atomic mass is 9.99. The summed E-state index contributed by atoms with van der Waals surface area (Å²) >= 11 is 0. The molecule has 0 fully saturated rings. The fourth-order valence-corrected chi connectivity index (χ4v) is 3.83. The number of aliphatic hydroxyl groups excluding tert-OH is 1. The van der Waals surface area contributed by atoms with Crippen molar-refractivity contribution in [2.45, 2.75) is 44.9 Å². The number of esters is 1. The molecule has 0 bridgehead atoms. The van der Waals surface area contributed by atoms with Crippen LogP contribution in [-0.4, -0.2) is 72.3 Å². The molecule has 0 spiro atoms. The molecule has 3 N–H and O–H groups in total. The van der Waals surface area contributed by atoms with E-state index in [9.17, 15) is 24.3 Å². The highest BCUT2D eigenvalue weighted by molar-refractivity contribution is 5.93. The molecule has 39 heavy (non-hydrogen) atoms. The average molecular weight is 540 g/mol. The standard InChI is InChI=1S/C29H37N3O7/c1-6-20-13-10-14-22(17-20)25(26(35)30-19-24(34)38-5)32(15-16-33)27(36)23(18-21-11-8-7-9-12-21)31-28(37)39-29(2,3)4/h6-14,17,23,25,33H,1,15-16,18-19H2,2-5H3,(H,30,35)(H,31,37). The fourth-order valence-electron chi connectivity index (χ4n) is 3.83. The van der Waals surface area contributed by atoms with E-state index in [2.05, 4.69) is 21.9 Å². The number of methoxy groups -OCH3 is 1. The predicted molar refractivity (Wildman–Crippen MR) is 146 cm³/mol. The van der Waals surface area contributed by atoms with Gasteiger partial charge in [0.15, 0.2) is 0 Å². The van der Waals surface area contributed by atoms with Crippen molar-refractivity contribution < 1.29 is 33.8 Å². The summed E-state index contributed by atoms with van der Waals surface area (Å²) in [7, 11) is 1.19. The Morgan fingerprint density at radius 2 is 1.77 bits per heavy atom. The van der Waals surface area contributed by atoms with Crippen LogP contribution in [0.15, 0.2) is 61.2 Å². The number of hydrogen-bond acceptors (Lipinski definition) is 7. The first-order valence-electron chi connectivity index (χ1n) is 12.5. The number of nitrogens with zero attached hydrogens (tertiary/aromatic N) is 1. The molecule has 2 atom stereocenters. The van der Waals surface area contributed by atoms with Crippen LogP contribution in [0, 0.1) is 0 Å². The molecule has 0 aliphatic rings. The first-order valence-corrected chi connectivity index (χ1v) is 12.5. The van der Waals surface area contributed by atoms with Crippen molar-refractivity contribution in [3.05, 3.63) is 77.9 Å². The van der Waals surface area contributed by atoms with Gasteiger partial charge in [-0.3, -0.25) is 14.4 Å². The third kappa shape index (κ3) is 9.90. The maximum absolute atomic E-state index is 14.1. The van der Waals surface area contributed by atoms with Crippen molar-refractivity contribution >= 4 is 30.0 Å². The minimum Gasteiger partial charge on any atom is -0.468 e. The average Bonchev–Trinajstić information content (AvgIpc) is 2.90. The van der Waals surface area contributed by atoms with Gasteiger partial charge in [-0.2, -0.15) is 0 Å². The zero-order valence-corrected chi connectivity index (χ0v) is 22.8. The number of aliphatic hydroxyl groups is 1. The second-order valence-electron chi connectivity index (χ2n) is 9.71. The highest BCUT2D eigenvalue weighted by Gasteiger charge is 2.36. The number of alkyl carbamates (subject to hydrolysis) is 1. The van der Waals surface area contributed by atoms with Gasteiger partial charge in [-0.1, -0.05) is 61.2 Å². The normalized spacial score (nSPS) is 12.4. The van der Waals surface area contributed by atoms with Crippen molar-refractivity contribution in [1.82, 2.24) is 15.5 Å². The number of hydrogen-bond donors (Lipinski definition) is 3. The molecular formula is C29H37N3O7.